The standard InChI is InChI=1S/C25H22N4O3S/c1-15-4-7-18(8-5-15)14-26-28-25-27-23(20-10-6-16(2)12-17(20)3)24(33-25)19-9-11-21(29(31)32)22(30)13-19/h4-14,30H,1-3H3,(H,27,28)/b26-14-. The second-order valence-electron chi connectivity index (χ2n) is 7.76. The van der Waals surface area contributed by atoms with Crippen LogP contribution in [0.5, 0.6) is 5.75 Å². The molecule has 0 amide bonds. The van der Waals surface area contributed by atoms with Gasteiger partial charge < -0.3 is 5.11 Å². The molecule has 0 saturated heterocycles. The Morgan fingerprint density at radius 3 is 2.42 bits per heavy atom. The maximum atomic E-state index is 11.1. The van der Waals surface area contributed by atoms with Gasteiger partial charge >= 0.3 is 5.69 Å². The van der Waals surface area contributed by atoms with Crippen molar-refractivity contribution in [2.24, 2.45) is 5.10 Å². The summed E-state index contributed by atoms with van der Waals surface area (Å²) in [4.78, 5) is 16.0. The lowest BCUT2D eigenvalue weighted by Gasteiger charge is -2.07. The normalized spacial score (nSPS) is 11.1. The van der Waals surface area contributed by atoms with Crippen LogP contribution < -0.4 is 5.43 Å². The molecule has 8 heteroatoms. The van der Waals surface area contributed by atoms with Crippen LogP contribution in [0.1, 0.15) is 22.3 Å². The van der Waals surface area contributed by atoms with Gasteiger partial charge in [0.2, 0.25) is 5.13 Å². The van der Waals surface area contributed by atoms with Crippen molar-refractivity contribution in [3.63, 3.8) is 0 Å². The molecule has 4 rings (SSSR count). The van der Waals surface area contributed by atoms with Crippen molar-refractivity contribution in [2.75, 3.05) is 5.43 Å². The number of nitro benzene ring substituents is 1. The fourth-order valence-electron chi connectivity index (χ4n) is 3.46. The smallest absolute Gasteiger partial charge is 0.310 e. The highest BCUT2D eigenvalue weighted by molar-refractivity contribution is 7.19. The number of aryl methyl sites for hydroxylation is 3. The summed E-state index contributed by atoms with van der Waals surface area (Å²) in [5.74, 6) is -0.385. The van der Waals surface area contributed by atoms with E-state index in [1.165, 1.54) is 29.0 Å². The Labute approximate surface area is 195 Å². The predicted molar refractivity (Wildman–Crippen MR) is 133 cm³/mol. The highest BCUT2D eigenvalue weighted by Gasteiger charge is 2.20. The maximum Gasteiger partial charge on any atom is 0.310 e. The van der Waals surface area contributed by atoms with E-state index in [4.69, 9.17) is 4.98 Å². The number of aromatic nitrogens is 1. The lowest BCUT2D eigenvalue weighted by molar-refractivity contribution is -0.385. The van der Waals surface area contributed by atoms with Gasteiger partial charge in [-0.05, 0) is 49.6 Å². The SMILES string of the molecule is Cc1ccc(/C=N\Nc2nc(-c3ccc(C)cc3C)c(-c3ccc([N+](=O)[O-])c(O)c3)s2)cc1. The van der Waals surface area contributed by atoms with Crippen LogP contribution in [0, 0.1) is 30.9 Å². The quantitative estimate of drug-likeness (QED) is 0.196. The fraction of sp³-hybridized carbons (Fsp3) is 0.120. The van der Waals surface area contributed by atoms with Crippen LogP contribution in [-0.2, 0) is 0 Å². The van der Waals surface area contributed by atoms with Crippen molar-refractivity contribution in [2.45, 2.75) is 20.8 Å². The van der Waals surface area contributed by atoms with Crippen LogP contribution in [0.15, 0.2) is 65.8 Å². The highest BCUT2D eigenvalue weighted by Crippen LogP contribution is 2.42. The largest absolute Gasteiger partial charge is 0.502 e. The summed E-state index contributed by atoms with van der Waals surface area (Å²) in [6.45, 7) is 6.07. The van der Waals surface area contributed by atoms with Crippen molar-refractivity contribution in [3.05, 3.63) is 93.0 Å². The van der Waals surface area contributed by atoms with Gasteiger partial charge in [-0.25, -0.2) is 4.98 Å². The second-order valence-corrected chi connectivity index (χ2v) is 8.76. The minimum atomic E-state index is -0.608. The molecule has 0 radical (unpaired) electrons. The van der Waals surface area contributed by atoms with Crippen molar-refractivity contribution >= 4 is 28.4 Å². The molecule has 0 fully saturated rings. The molecule has 1 aromatic heterocycles. The molecule has 3 aromatic carbocycles. The van der Waals surface area contributed by atoms with E-state index < -0.39 is 4.92 Å². The molecule has 2 N–H and O–H groups in total. The van der Waals surface area contributed by atoms with Gasteiger partial charge in [0.15, 0.2) is 5.75 Å². The molecule has 0 aliphatic heterocycles. The van der Waals surface area contributed by atoms with Crippen molar-refractivity contribution in [3.8, 4) is 27.4 Å². The molecule has 4 aromatic rings. The van der Waals surface area contributed by atoms with E-state index in [0.717, 1.165) is 32.8 Å². The van der Waals surface area contributed by atoms with Crippen LogP contribution in [0.2, 0.25) is 0 Å². The Morgan fingerprint density at radius 1 is 1.03 bits per heavy atom. The Hall–Kier alpha value is -4.04. The van der Waals surface area contributed by atoms with Crippen molar-refractivity contribution < 1.29 is 10.0 Å². The summed E-state index contributed by atoms with van der Waals surface area (Å²) in [7, 11) is 0. The van der Waals surface area contributed by atoms with E-state index in [9.17, 15) is 15.2 Å². The van der Waals surface area contributed by atoms with Gasteiger partial charge in [0.05, 0.1) is 21.7 Å². The first-order valence-electron chi connectivity index (χ1n) is 10.2. The zero-order chi connectivity index (χ0) is 23.5. The number of phenolic OH excluding ortho intramolecular Hbond substituents is 1. The Bertz CT molecular complexity index is 1360. The first-order valence-corrected chi connectivity index (χ1v) is 11.1. The number of nitrogens with one attached hydrogen (secondary N) is 1. The summed E-state index contributed by atoms with van der Waals surface area (Å²) in [6, 6.07) is 18.4. The Morgan fingerprint density at radius 2 is 1.76 bits per heavy atom. The third-order valence-corrected chi connectivity index (χ3v) is 6.16. The van der Waals surface area contributed by atoms with E-state index in [1.54, 1.807) is 12.3 Å². The van der Waals surface area contributed by atoms with Gasteiger partial charge in [-0.2, -0.15) is 5.10 Å². The number of aromatic hydroxyl groups is 1. The summed E-state index contributed by atoms with van der Waals surface area (Å²) in [5.41, 5.74) is 9.29. The van der Waals surface area contributed by atoms with Crippen molar-refractivity contribution in [1.29, 1.82) is 0 Å². The molecule has 0 spiro atoms. The number of hydrogen-bond acceptors (Lipinski definition) is 7. The number of anilines is 1. The van der Waals surface area contributed by atoms with E-state index >= 15 is 0 Å². The van der Waals surface area contributed by atoms with E-state index in [1.807, 2.05) is 57.2 Å². The minimum absolute atomic E-state index is 0.336. The zero-order valence-electron chi connectivity index (χ0n) is 18.4. The first-order chi connectivity index (χ1) is 15.8. The second kappa shape index (κ2) is 9.22. The summed E-state index contributed by atoms with van der Waals surface area (Å²) < 4.78 is 0. The molecule has 0 atom stereocenters. The summed E-state index contributed by atoms with van der Waals surface area (Å²) in [6.07, 6.45) is 1.72. The summed E-state index contributed by atoms with van der Waals surface area (Å²) in [5, 5.41) is 26.2. The van der Waals surface area contributed by atoms with E-state index in [2.05, 4.69) is 16.6 Å². The average molecular weight is 459 g/mol. The number of thiazole rings is 1. The number of nitro groups is 1. The van der Waals surface area contributed by atoms with Crippen LogP contribution in [0.4, 0.5) is 10.8 Å². The number of hydrazone groups is 1. The van der Waals surface area contributed by atoms with E-state index in [-0.39, 0.29) is 11.4 Å². The molecule has 7 nitrogen and oxygen atoms in total. The molecule has 1 heterocycles. The lowest BCUT2D eigenvalue weighted by Crippen LogP contribution is -1.91. The third-order valence-electron chi connectivity index (χ3n) is 5.15. The van der Waals surface area contributed by atoms with Gasteiger partial charge in [-0.15, -0.1) is 0 Å². The van der Waals surface area contributed by atoms with Gasteiger partial charge in [0, 0.05) is 11.6 Å². The van der Waals surface area contributed by atoms with Crippen molar-refractivity contribution in [1.82, 2.24) is 4.98 Å². The number of benzene rings is 3. The van der Waals surface area contributed by atoms with Crippen LogP contribution >= 0.6 is 11.3 Å². The minimum Gasteiger partial charge on any atom is -0.502 e. The van der Waals surface area contributed by atoms with E-state index in [0.29, 0.717) is 10.7 Å². The van der Waals surface area contributed by atoms with Gasteiger partial charge in [0.25, 0.3) is 0 Å². The molecule has 33 heavy (non-hydrogen) atoms. The van der Waals surface area contributed by atoms with Gasteiger partial charge in [-0.3, -0.25) is 15.5 Å². The monoisotopic (exact) mass is 458 g/mol. The number of hydrogen-bond donors (Lipinski definition) is 2. The zero-order valence-corrected chi connectivity index (χ0v) is 19.2. The molecular formula is C25H22N4O3S. The van der Waals surface area contributed by atoms with Crippen LogP contribution in [0.3, 0.4) is 0 Å². The maximum absolute atomic E-state index is 11.1. The molecule has 0 bridgehead atoms. The Kier molecular flexibility index (Phi) is 6.19. The molecule has 0 saturated carbocycles. The molecule has 0 aliphatic rings. The molecule has 166 valence electrons. The Balaban J connectivity index is 1.74. The van der Waals surface area contributed by atoms with Crippen LogP contribution in [0.25, 0.3) is 21.7 Å². The van der Waals surface area contributed by atoms with Crippen LogP contribution in [-0.4, -0.2) is 21.2 Å². The fourth-order valence-corrected chi connectivity index (χ4v) is 4.38. The summed E-state index contributed by atoms with van der Waals surface area (Å²) >= 11 is 1.36. The first kappa shape index (κ1) is 22.2. The number of phenols is 1. The van der Waals surface area contributed by atoms with Gasteiger partial charge in [-0.1, -0.05) is 64.9 Å². The molecule has 0 unspecified atom stereocenters. The number of rotatable bonds is 6. The highest BCUT2D eigenvalue weighted by atomic mass is 32.1. The lowest BCUT2D eigenvalue weighted by atomic mass is 10.0. The number of nitrogens with zero attached hydrogens (tertiary/aromatic N) is 3. The predicted octanol–water partition coefficient (Wildman–Crippen LogP) is 6.46. The molecular weight excluding hydrogens is 436 g/mol. The van der Waals surface area contributed by atoms with Gasteiger partial charge in [0.1, 0.15) is 0 Å². The topological polar surface area (TPSA) is 101 Å². The molecule has 0 aliphatic carbocycles. The third kappa shape index (κ3) is 4.91. The average Bonchev–Trinajstić information content (AvgIpc) is 3.18.